The van der Waals surface area contributed by atoms with E-state index >= 15 is 0 Å². The molecular weight excluding hydrogens is 250 g/mol. The molecule has 0 bridgehead atoms. The van der Waals surface area contributed by atoms with E-state index in [0.29, 0.717) is 5.92 Å². The van der Waals surface area contributed by atoms with Crippen LogP contribution < -0.4 is 10.6 Å². The molecule has 1 fully saturated rings. The molecule has 0 aliphatic carbocycles. The van der Waals surface area contributed by atoms with E-state index in [1.165, 1.54) is 25.9 Å². The van der Waals surface area contributed by atoms with E-state index in [2.05, 4.69) is 46.4 Å². The minimum Gasteiger partial charge on any atom is -0.373 e. The maximum atomic E-state index is 4.63. The monoisotopic (exact) mass is 277 g/mol. The molecule has 0 aromatic carbocycles. The molecule has 0 saturated carbocycles. The van der Waals surface area contributed by atoms with Crippen LogP contribution in [0, 0.1) is 12.8 Å². The van der Waals surface area contributed by atoms with Crippen LogP contribution in [0.3, 0.4) is 0 Å². The van der Waals surface area contributed by atoms with Gasteiger partial charge in [0.15, 0.2) is 0 Å². The zero-order valence-corrected chi connectivity index (χ0v) is 13.2. The van der Waals surface area contributed by atoms with Crippen LogP contribution in [0.4, 0.5) is 11.6 Å². The standard InChI is InChI=1S/C15H27N5/c1-5-13-18-14(16-3)11(2)15(19-13)17-9-12-7-6-8-20(4)10-12/h12H,5-10H2,1-4H3,(H2,16,17,18,19). The fraction of sp³-hybridized carbons (Fsp3) is 0.733. The smallest absolute Gasteiger partial charge is 0.134 e. The predicted octanol–water partition coefficient (Wildman–Crippen LogP) is 2.14. The zero-order chi connectivity index (χ0) is 14.5. The molecule has 1 atom stereocenters. The van der Waals surface area contributed by atoms with Gasteiger partial charge in [-0.1, -0.05) is 6.92 Å². The van der Waals surface area contributed by atoms with Crippen LogP contribution in [0.25, 0.3) is 0 Å². The molecule has 5 nitrogen and oxygen atoms in total. The summed E-state index contributed by atoms with van der Waals surface area (Å²) in [4.78, 5) is 11.5. The van der Waals surface area contributed by atoms with Gasteiger partial charge < -0.3 is 15.5 Å². The lowest BCUT2D eigenvalue weighted by molar-refractivity contribution is 0.217. The molecule has 0 radical (unpaired) electrons. The molecule has 0 amide bonds. The Hall–Kier alpha value is -1.36. The van der Waals surface area contributed by atoms with Gasteiger partial charge in [0.2, 0.25) is 0 Å². The maximum Gasteiger partial charge on any atom is 0.134 e. The highest BCUT2D eigenvalue weighted by Crippen LogP contribution is 2.21. The lowest BCUT2D eigenvalue weighted by Crippen LogP contribution is -2.35. The molecule has 2 N–H and O–H groups in total. The largest absolute Gasteiger partial charge is 0.373 e. The van der Waals surface area contributed by atoms with Crippen molar-refractivity contribution >= 4 is 11.6 Å². The van der Waals surface area contributed by atoms with Crippen LogP contribution >= 0.6 is 0 Å². The Morgan fingerprint density at radius 1 is 1.30 bits per heavy atom. The Labute approximate surface area is 122 Å². The first-order valence-electron chi connectivity index (χ1n) is 7.61. The van der Waals surface area contributed by atoms with Crippen LogP contribution in [-0.4, -0.2) is 48.6 Å². The first-order chi connectivity index (χ1) is 9.63. The number of aromatic nitrogens is 2. The Kier molecular flexibility index (Phi) is 5.17. The second kappa shape index (κ2) is 6.88. The Bertz CT molecular complexity index is 446. The zero-order valence-electron chi connectivity index (χ0n) is 13.2. The van der Waals surface area contributed by atoms with Gasteiger partial charge in [0.05, 0.1) is 0 Å². The highest BCUT2D eigenvalue weighted by Gasteiger charge is 2.18. The Morgan fingerprint density at radius 3 is 2.70 bits per heavy atom. The first-order valence-corrected chi connectivity index (χ1v) is 7.61. The lowest BCUT2D eigenvalue weighted by atomic mass is 9.98. The lowest BCUT2D eigenvalue weighted by Gasteiger charge is -2.30. The molecule has 5 heteroatoms. The van der Waals surface area contributed by atoms with Gasteiger partial charge in [-0.25, -0.2) is 9.97 Å². The van der Waals surface area contributed by atoms with Crippen molar-refractivity contribution in [3.63, 3.8) is 0 Å². The van der Waals surface area contributed by atoms with Gasteiger partial charge in [0.25, 0.3) is 0 Å². The van der Waals surface area contributed by atoms with Crippen LogP contribution in [0.1, 0.15) is 31.2 Å². The van der Waals surface area contributed by atoms with E-state index in [4.69, 9.17) is 0 Å². The highest BCUT2D eigenvalue weighted by molar-refractivity contribution is 5.57. The molecule has 1 aromatic rings. The van der Waals surface area contributed by atoms with Crippen molar-refractivity contribution in [1.29, 1.82) is 0 Å². The summed E-state index contributed by atoms with van der Waals surface area (Å²) in [6.45, 7) is 7.56. The minimum absolute atomic E-state index is 0.714. The number of hydrogen-bond donors (Lipinski definition) is 2. The fourth-order valence-electron chi connectivity index (χ4n) is 2.82. The van der Waals surface area contributed by atoms with Gasteiger partial charge in [-0.05, 0) is 39.3 Å². The Morgan fingerprint density at radius 2 is 2.05 bits per heavy atom. The summed E-state index contributed by atoms with van der Waals surface area (Å²) in [5.41, 5.74) is 1.11. The van der Waals surface area contributed by atoms with Gasteiger partial charge in [-0.2, -0.15) is 0 Å². The molecule has 20 heavy (non-hydrogen) atoms. The third kappa shape index (κ3) is 3.60. The minimum atomic E-state index is 0.714. The van der Waals surface area contributed by atoms with Crippen molar-refractivity contribution in [2.45, 2.75) is 33.1 Å². The summed E-state index contributed by atoms with van der Waals surface area (Å²) in [6, 6.07) is 0. The molecule has 2 heterocycles. The van der Waals surface area contributed by atoms with Crippen LogP contribution in [0.5, 0.6) is 0 Å². The van der Waals surface area contributed by atoms with Gasteiger partial charge in [0, 0.05) is 32.1 Å². The summed E-state index contributed by atoms with van der Waals surface area (Å²) in [6.07, 6.45) is 3.46. The molecule has 1 aliphatic rings. The fourth-order valence-corrected chi connectivity index (χ4v) is 2.82. The number of nitrogens with zero attached hydrogens (tertiary/aromatic N) is 3. The van der Waals surface area contributed by atoms with E-state index in [0.717, 1.165) is 36.0 Å². The molecule has 1 aromatic heterocycles. The van der Waals surface area contributed by atoms with Gasteiger partial charge >= 0.3 is 0 Å². The molecule has 0 spiro atoms. The quantitative estimate of drug-likeness (QED) is 0.863. The topological polar surface area (TPSA) is 53.1 Å². The van der Waals surface area contributed by atoms with E-state index in [1.807, 2.05) is 7.05 Å². The summed E-state index contributed by atoms with van der Waals surface area (Å²) in [7, 11) is 4.12. The van der Waals surface area contributed by atoms with Crippen LogP contribution in [0.15, 0.2) is 0 Å². The van der Waals surface area contributed by atoms with Gasteiger partial charge in [-0.15, -0.1) is 0 Å². The summed E-state index contributed by atoms with van der Waals surface area (Å²) in [5, 5.41) is 6.69. The van der Waals surface area contributed by atoms with Crippen LogP contribution in [0.2, 0.25) is 0 Å². The average molecular weight is 277 g/mol. The third-order valence-electron chi connectivity index (χ3n) is 4.03. The third-order valence-corrected chi connectivity index (χ3v) is 4.03. The molecule has 1 unspecified atom stereocenters. The summed E-state index contributed by atoms with van der Waals surface area (Å²) < 4.78 is 0. The second-order valence-electron chi connectivity index (χ2n) is 5.72. The molecular formula is C15H27N5. The van der Waals surface area contributed by atoms with Crippen molar-refractivity contribution in [2.24, 2.45) is 5.92 Å². The molecule has 1 aliphatic heterocycles. The number of aryl methyl sites for hydroxylation is 1. The number of likely N-dealkylation sites (tertiary alicyclic amines) is 1. The molecule has 1 saturated heterocycles. The number of piperidine rings is 1. The molecule has 112 valence electrons. The van der Waals surface area contributed by atoms with E-state index in [-0.39, 0.29) is 0 Å². The molecule has 2 rings (SSSR count). The van der Waals surface area contributed by atoms with E-state index in [9.17, 15) is 0 Å². The van der Waals surface area contributed by atoms with Crippen molar-refractivity contribution in [1.82, 2.24) is 14.9 Å². The average Bonchev–Trinajstić information content (AvgIpc) is 2.46. The Balaban J connectivity index is 2.04. The van der Waals surface area contributed by atoms with Crippen molar-refractivity contribution < 1.29 is 0 Å². The SMILES string of the molecule is CCc1nc(NC)c(C)c(NCC2CCCN(C)C2)n1. The van der Waals surface area contributed by atoms with Crippen LogP contribution in [-0.2, 0) is 6.42 Å². The number of hydrogen-bond acceptors (Lipinski definition) is 5. The predicted molar refractivity (Wildman–Crippen MR) is 84.4 cm³/mol. The van der Waals surface area contributed by atoms with Crippen molar-refractivity contribution in [3.8, 4) is 0 Å². The highest BCUT2D eigenvalue weighted by atomic mass is 15.1. The van der Waals surface area contributed by atoms with Crippen molar-refractivity contribution in [2.75, 3.05) is 44.4 Å². The normalized spacial score (nSPS) is 19.9. The first kappa shape index (κ1) is 15.0. The number of anilines is 2. The number of nitrogens with one attached hydrogen (secondary N) is 2. The number of rotatable bonds is 5. The summed E-state index contributed by atoms with van der Waals surface area (Å²) >= 11 is 0. The van der Waals surface area contributed by atoms with Crippen molar-refractivity contribution in [3.05, 3.63) is 11.4 Å². The summed E-state index contributed by atoms with van der Waals surface area (Å²) in [5.74, 6) is 3.52. The maximum absolute atomic E-state index is 4.63. The van der Waals surface area contributed by atoms with Gasteiger partial charge in [-0.3, -0.25) is 0 Å². The van der Waals surface area contributed by atoms with E-state index in [1.54, 1.807) is 0 Å². The second-order valence-corrected chi connectivity index (χ2v) is 5.72. The van der Waals surface area contributed by atoms with Gasteiger partial charge in [0.1, 0.15) is 17.5 Å². The van der Waals surface area contributed by atoms with E-state index < -0.39 is 0 Å².